The molecule has 0 heterocycles. The molecule has 1 unspecified atom stereocenters. The van der Waals surface area contributed by atoms with Crippen molar-refractivity contribution in [3.8, 4) is 0 Å². The van der Waals surface area contributed by atoms with Gasteiger partial charge in [0, 0.05) is 0 Å². The van der Waals surface area contributed by atoms with E-state index in [1.165, 1.54) is 0 Å². The van der Waals surface area contributed by atoms with Gasteiger partial charge in [-0.3, -0.25) is 4.79 Å². The molecule has 0 radical (unpaired) electrons. The summed E-state index contributed by atoms with van der Waals surface area (Å²) in [5, 5.41) is 8.87. The van der Waals surface area contributed by atoms with E-state index in [4.69, 9.17) is 5.11 Å². The summed E-state index contributed by atoms with van der Waals surface area (Å²) in [4.78, 5) is 10.8. The van der Waals surface area contributed by atoms with Crippen molar-refractivity contribution in [3.63, 3.8) is 0 Å². The van der Waals surface area contributed by atoms with Gasteiger partial charge < -0.3 is 5.11 Å². The molecular weight excluding hydrogens is 164 g/mol. The number of rotatable bonds is 7. The van der Waals surface area contributed by atoms with Crippen molar-refractivity contribution in [2.45, 2.75) is 46.0 Å². The van der Waals surface area contributed by atoms with Gasteiger partial charge in [0.1, 0.15) is 0 Å². The Hall–Kier alpha value is -0.790. The van der Waals surface area contributed by atoms with Crippen LogP contribution in [0.5, 0.6) is 0 Å². The monoisotopic (exact) mass is 184 g/mol. The number of allylic oxidation sites excluding steroid dienone is 2. The highest BCUT2D eigenvalue weighted by Gasteiger charge is 2.14. The van der Waals surface area contributed by atoms with E-state index in [0.29, 0.717) is 6.42 Å². The molecule has 0 spiro atoms. The van der Waals surface area contributed by atoms with Gasteiger partial charge in [0.25, 0.3) is 0 Å². The second-order valence-corrected chi connectivity index (χ2v) is 3.34. The fourth-order valence-corrected chi connectivity index (χ4v) is 1.28. The van der Waals surface area contributed by atoms with Gasteiger partial charge in [-0.2, -0.15) is 0 Å². The molecular formula is C11H20O2. The zero-order valence-electron chi connectivity index (χ0n) is 8.62. The molecule has 0 aromatic carbocycles. The van der Waals surface area contributed by atoms with Crippen molar-refractivity contribution in [1.29, 1.82) is 0 Å². The number of hydrogen-bond donors (Lipinski definition) is 1. The van der Waals surface area contributed by atoms with E-state index >= 15 is 0 Å². The molecule has 0 amide bonds. The van der Waals surface area contributed by atoms with E-state index in [2.05, 4.69) is 6.92 Å². The molecule has 1 atom stereocenters. The van der Waals surface area contributed by atoms with E-state index in [0.717, 1.165) is 25.7 Å². The molecule has 0 aromatic heterocycles. The lowest BCUT2D eigenvalue weighted by atomic mass is 9.98. The van der Waals surface area contributed by atoms with Crippen molar-refractivity contribution >= 4 is 5.97 Å². The predicted molar refractivity (Wildman–Crippen MR) is 54.7 cm³/mol. The van der Waals surface area contributed by atoms with Gasteiger partial charge in [-0.15, -0.1) is 0 Å². The van der Waals surface area contributed by atoms with Crippen LogP contribution in [-0.4, -0.2) is 11.1 Å². The number of carboxylic acids is 1. The topological polar surface area (TPSA) is 37.3 Å². The second kappa shape index (κ2) is 7.84. The minimum atomic E-state index is -0.658. The van der Waals surface area contributed by atoms with Gasteiger partial charge in [-0.1, -0.05) is 38.3 Å². The zero-order chi connectivity index (χ0) is 10.1. The van der Waals surface area contributed by atoms with Crippen LogP contribution in [0.4, 0.5) is 0 Å². The molecule has 76 valence electrons. The Labute approximate surface area is 80.7 Å². The second-order valence-electron chi connectivity index (χ2n) is 3.34. The highest BCUT2D eigenvalue weighted by atomic mass is 16.4. The van der Waals surface area contributed by atoms with Gasteiger partial charge >= 0.3 is 5.97 Å². The van der Waals surface area contributed by atoms with Crippen LogP contribution in [0.1, 0.15) is 46.0 Å². The van der Waals surface area contributed by atoms with Crippen LogP contribution >= 0.6 is 0 Å². The van der Waals surface area contributed by atoms with Gasteiger partial charge in [-0.05, 0) is 19.8 Å². The number of carboxylic acid groups (broad SMARTS) is 1. The van der Waals surface area contributed by atoms with Crippen molar-refractivity contribution in [3.05, 3.63) is 12.2 Å². The minimum Gasteiger partial charge on any atom is -0.481 e. The summed E-state index contributed by atoms with van der Waals surface area (Å²) in [7, 11) is 0. The smallest absolute Gasteiger partial charge is 0.306 e. The summed E-state index contributed by atoms with van der Waals surface area (Å²) < 4.78 is 0. The van der Waals surface area contributed by atoms with Crippen molar-refractivity contribution in [2.24, 2.45) is 5.92 Å². The average Bonchev–Trinajstić information content (AvgIpc) is 2.10. The molecule has 0 aliphatic carbocycles. The van der Waals surface area contributed by atoms with E-state index in [-0.39, 0.29) is 5.92 Å². The Balaban J connectivity index is 3.74. The average molecular weight is 184 g/mol. The summed E-state index contributed by atoms with van der Waals surface area (Å²) in [5.41, 5.74) is 0. The van der Waals surface area contributed by atoms with Crippen LogP contribution < -0.4 is 0 Å². The first kappa shape index (κ1) is 12.2. The van der Waals surface area contributed by atoms with E-state index < -0.39 is 5.97 Å². The van der Waals surface area contributed by atoms with Crippen LogP contribution in [-0.2, 0) is 4.79 Å². The molecule has 0 rings (SSSR count). The summed E-state index contributed by atoms with van der Waals surface area (Å²) >= 11 is 0. The van der Waals surface area contributed by atoms with Crippen LogP contribution in [0.3, 0.4) is 0 Å². The minimum absolute atomic E-state index is 0.178. The standard InChI is InChI=1S/C11H20O2/c1-3-5-7-9-10(11(12)13)8-6-4-2/h4,6,10H,3,5,7-9H2,1-2H3,(H,12,13). The first-order valence-corrected chi connectivity index (χ1v) is 5.06. The lowest BCUT2D eigenvalue weighted by molar-refractivity contribution is -0.141. The molecule has 0 aromatic rings. The molecule has 0 saturated heterocycles. The Morgan fingerprint density at radius 1 is 1.46 bits per heavy atom. The zero-order valence-corrected chi connectivity index (χ0v) is 8.62. The van der Waals surface area contributed by atoms with Crippen LogP contribution in [0.15, 0.2) is 12.2 Å². The van der Waals surface area contributed by atoms with E-state index in [1.807, 2.05) is 19.1 Å². The maximum absolute atomic E-state index is 10.8. The van der Waals surface area contributed by atoms with Crippen LogP contribution in [0.2, 0.25) is 0 Å². The molecule has 13 heavy (non-hydrogen) atoms. The first-order chi connectivity index (χ1) is 6.22. The summed E-state index contributed by atoms with van der Waals surface area (Å²) in [5.74, 6) is -0.836. The SMILES string of the molecule is CC=CCC(CCCCC)C(=O)O. The number of hydrogen-bond acceptors (Lipinski definition) is 1. The fraction of sp³-hybridized carbons (Fsp3) is 0.727. The number of unbranched alkanes of at least 4 members (excludes halogenated alkanes) is 2. The normalized spacial score (nSPS) is 13.4. The van der Waals surface area contributed by atoms with Crippen molar-refractivity contribution < 1.29 is 9.90 Å². The molecule has 1 N–H and O–H groups in total. The number of carbonyl (C=O) groups is 1. The summed E-state index contributed by atoms with van der Waals surface area (Å²) in [6, 6.07) is 0. The Bertz CT molecular complexity index is 161. The van der Waals surface area contributed by atoms with Crippen LogP contribution in [0, 0.1) is 5.92 Å². The summed E-state index contributed by atoms with van der Waals surface area (Å²) in [6.07, 6.45) is 8.66. The highest BCUT2D eigenvalue weighted by molar-refractivity contribution is 5.70. The number of aliphatic carboxylic acids is 1. The first-order valence-electron chi connectivity index (χ1n) is 5.06. The lowest BCUT2D eigenvalue weighted by Gasteiger charge is -2.08. The predicted octanol–water partition coefficient (Wildman–Crippen LogP) is 3.23. The largest absolute Gasteiger partial charge is 0.481 e. The van der Waals surface area contributed by atoms with Crippen molar-refractivity contribution in [2.75, 3.05) is 0 Å². The molecule has 0 bridgehead atoms. The molecule has 0 saturated carbocycles. The molecule has 2 nitrogen and oxygen atoms in total. The summed E-state index contributed by atoms with van der Waals surface area (Å²) in [6.45, 7) is 4.05. The van der Waals surface area contributed by atoms with Gasteiger partial charge in [0.15, 0.2) is 0 Å². The maximum atomic E-state index is 10.8. The Morgan fingerprint density at radius 2 is 2.15 bits per heavy atom. The Morgan fingerprint density at radius 3 is 2.62 bits per heavy atom. The third-order valence-electron chi connectivity index (χ3n) is 2.16. The van der Waals surface area contributed by atoms with Crippen LogP contribution in [0.25, 0.3) is 0 Å². The lowest BCUT2D eigenvalue weighted by Crippen LogP contribution is -2.12. The maximum Gasteiger partial charge on any atom is 0.306 e. The fourth-order valence-electron chi connectivity index (χ4n) is 1.28. The van der Waals surface area contributed by atoms with Gasteiger partial charge in [-0.25, -0.2) is 0 Å². The van der Waals surface area contributed by atoms with Gasteiger partial charge in [0.2, 0.25) is 0 Å². The third kappa shape index (κ3) is 6.38. The highest BCUT2D eigenvalue weighted by Crippen LogP contribution is 2.14. The third-order valence-corrected chi connectivity index (χ3v) is 2.16. The molecule has 0 aliphatic heterocycles. The van der Waals surface area contributed by atoms with E-state index in [9.17, 15) is 4.79 Å². The van der Waals surface area contributed by atoms with E-state index in [1.54, 1.807) is 0 Å². The molecule has 2 heteroatoms. The quantitative estimate of drug-likeness (QED) is 0.487. The van der Waals surface area contributed by atoms with Crippen molar-refractivity contribution in [1.82, 2.24) is 0 Å². The molecule has 0 fully saturated rings. The molecule has 0 aliphatic rings. The Kier molecular flexibility index (Phi) is 7.36. The van der Waals surface area contributed by atoms with Gasteiger partial charge in [0.05, 0.1) is 5.92 Å².